The van der Waals surface area contributed by atoms with Crippen molar-refractivity contribution in [2.24, 2.45) is 0 Å². The number of amides is 1. The first-order valence-electron chi connectivity index (χ1n) is 10.8. The van der Waals surface area contributed by atoms with E-state index in [4.69, 9.17) is 14.3 Å². The Morgan fingerprint density at radius 2 is 1.66 bits per heavy atom. The first-order chi connectivity index (χ1) is 15.7. The maximum Gasteiger partial charge on any atom is 0.423 e. The number of carbonyl (C=O) groups is 2. The molecule has 1 aromatic rings. The van der Waals surface area contributed by atoms with E-state index in [9.17, 15) is 32.1 Å². The molecule has 1 aromatic heterocycles. The molecule has 0 bridgehead atoms. The summed E-state index contributed by atoms with van der Waals surface area (Å²) in [7, 11) is -3.71. The van der Waals surface area contributed by atoms with Crippen LogP contribution < -0.4 is 5.32 Å². The van der Waals surface area contributed by atoms with E-state index in [1.165, 1.54) is 12.1 Å². The second-order valence-corrected chi connectivity index (χ2v) is 12.5. The van der Waals surface area contributed by atoms with Gasteiger partial charge in [-0.05, 0) is 60.1 Å². The van der Waals surface area contributed by atoms with E-state index >= 15 is 0 Å². The topological polar surface area (TPSA) is 139 Å². The highest BCUT2D eigenvalue weighted by Gasteiger charge is 2.55. The van der Waals surface area contributed by atoms with E-state index in [1.807, 2.05) is 0 Å². The predicted molar refractivity (Wildman–Crippen MR) is 123 cm³/mol. The van der Waals surface area contributed by atoms with Gasteiger partial charge in [-0.25, -0.2) is 13.8 Å². The number of ether oxygens (including phenoxy) is 2. The molecule has 1 rings (SSSR count). The Hall–Kier alpha value is -2.41. The van der Waals surface area contributed by atoms with Gasteiger partial charge in [-0.2, -0.15) is 13.2 Å². The van der Waals surface area contributed by atoms with Crippen molar-refractivity contribution in [3.63, 3.8) is 0 Å². The fourth-order valence-electron chi connectivity index (χ4n) is 2.82. The molecule has 1 amide bonds. The molecule has 13 heteroatoms. The third-order valence-corrected chi connectivity index (χ3v) is 6.23. The number of rotatable bonds is 9. The molecule has 3 atom stereocenters. The highest BCUT2D eigenvalue weighted by atomic mass is 32.2. The van der Waals surface area contributed by atoms with Crippen molar-refractivity contribution in [3.8, 4) is 0 Å². The minimum atomic E-state index is -5.13. The number of esters is 1. The van der Waals surface area contributed by atoms with Crippen LogP contribution in [0.3, 0.4) is 0 Å². The molecule has 0 aliphatic rings. The molecule has 0 saturated heterocycles. The Morgan fingerprint density at radius 1 is 1.09 bits per heavy atom. The summed E-state index contributed by atoms with van der Waals surface area (Å²) in [6.45, 7) is 9.61. The molecule has 0 aliphatic carbocycles. The first kappa shape index (κ1) is 30.6. The second kappa shape index (κ2) is 11.1. The van der Waals surface area contributed by atoms with Gasteiger partial charge in [0, 0.05) is 33.9 Å². The molecule has 1 heterocycles. The lowest BCUT2D eigenvalue weighted by Crippen LogP contribution is -2.47. The van der Waals surface area contributed by atoms with Crippen LogP contribution in [0.25, 0.3) is 0 Å². The number of pyridine rings is 1. The lowest BCUT2D eigenvalue weighted by molar-refractivity contribution is -0.268. The number of carbonyl (C=O) groups excluding carboxylic acids is 2. The number of halogens is 3. The molecule has 0 aliphatic heterocycles. The molecule has 0 radical (unpaired) electrons. The fourth-order valence-corrected chi connectivity index (χ4v) is 4.26. The van der Waals surface area contributed by atoms with Crippen molar-refractivity contribution < 1.29 is 41.5 Å². The van der Waals surface area contributed by atoms with Gasteiger partial charge >= 0.3 is 18.2 Å². The maximum absolute atomic E-state index is 13.7. The summed E-state index contributed by atoms with van der Waals surface area (Å²) in [6, 6.07) is 2.28. The molecule has 0 saturated carbocycles. The molecule has 0 fully saturated rings. The van der Waals surface area contributed by atoms with E-state index in [2.05, 4.69) is 10.3 Å². The largest absolute Gasteiger partial charge is 0.458 e. The van der Waals surface area contributed by atoms with Crippen LogP contribution in [-0.2, 0) is 29.6 Å². The number of aliphatic hydroxyl groups is 1. The van der Waals surface area contributed by atoms with Crippen LogP contribution >= 0.6 is 0 Å². The van der Waals surface area contributed by atoms with Gasteiger partial charge in [0.1, 0.15) is 17.2 Å². The van der Waals surface area contributed by atoms with Crippen molar-refractivity contribution in [2.45, 2.75) is 83.4 Å². The van der Waals surface area contributed by atoms with Crippen molar-refractivity contribution in [1.29, 1.82) is 4.78 Å². The minimum absolute atomic E-state index is 0.357. The lowest BCUT2D eigenvalue weighted by Gasteiger charge is -2.30. The monoisotopic (exact) mass is 525 g/mol. The van der Waals surface area contributed by atoms with E-state index in [0.29, 0.717) is 0 Å². The molecule has 9 nitrogen and oxygen atoms in total. The summed E-state index contributed by atoms with van der Waals surface area (Å²) in [5.41, 5.74) is -5.88. The molecule has 35 heavy (non-hydrogen) atoms. The third kappa shape index (κ3) is 10.4. The number of alkyl carbamates (subject to hydrolysis) is 1. The number of nitrogens with zero attached hydrogens (tertiary/aromatic N) is 1. The van der Waals surface area contributed by atoms with Gasteiger partial charge in [0.25, 0.3) is 0 Å². The number of alkyl halides is 3. The Bertz CT molecular complexity index is 973. The summed E-state index contributed by atoms with van der Waals surface area (Å²) in [5.74, 6) is -2.24. The minimum Gasteiger partial charge on any atom is -0.458 e. The van der Waals surface area contributed by atoms with Gasteiger partial charge < -0.3 is 19.9 Å². The number of nitrogens with one attached hydrogen (secondary N) is 2. The van der Waals surface area contributed by atoms with Gasteiger partial charge in [0.2, 0.25) is 5.60 Å². The van der Waals surface area contributed by atoms with Gasteiger partial charge in [0.05, 0.1) is 5.69 Å². The zero-order chi connectivity index (χ0) is 27.3. The highest BCUT2D eigenvalue weighted by molar-refractivity contribution is 7.92. The van der Waals surface area contributed by atoms with Gasteiger partial charge in [-0.3, -0.25) is 9.76 Å². The Kier molecular flexibility index (Phi) is 9.72. The molecular weight excluding hydrogens is 491 g/mol. The van der Waals surface area contributed by atoms with Crippen molar-refractivity contribution >= 4 is 21.8 Å². The van der Waals surface area contributed by atoms with Crippen LogP contribution in [0.4, 0.5) is 18.0 Å². The Balaban J connectivity index is 3.00. The van der Waals surface area contributed by atoms with Crippen LogP contribution in [0.2, 0.25) is 0 Å². The zero-order valence-electron chi connectivity index (χ0n) is 20.7. The van der Waals surface area contributed by atoms with Crippen molar-refractivity contribution in [1.82, 2.24) is 10.3 Å². The molecule has 200 valence electrons. The van der Waals surface area contributed by atoms with Crippen LogP contribution in [0.15, 0.2) is 24.4 Å². The van der Waals surface area contributed by atoms with E-state index < -0.39 is 74.4 Å². The van der Waals surface area contributed by atoms with Gasteiger partial charge in [-0.15, -0.1) is 0 Å². The summed E-state index contributed by atoms with van der Waals surface area (Å²) in [5, 5.41) is 12.7. The molecule has 0 aromatic carbocycles. The summed E-state index contributed by atoms with van der Waals surface area (Å²) in [6.07, 6.45) is -6.44. The molecule has 2 unspecified atom stereocenters. The maximum atomic E-state index is 13.7. The average molecular weight is 526 g/mol. The number of hydrogen-bond acceptors (Lipinski definition) is 8. The summed E-state index contributed by atoms with van der Waals surface area (Å²) in [4.78, 5) is 28.3. The van der Waals surface area contributed by atoms with E-state index in [0.717, 1.165) is 12.3 Å². The van der Waals surface area contributed by atoms with Gasteiger partial charge in [-0.1, -0.05) is 6.07 Å². The highest BCUT2D eigenvalue weighted by Crippen LogP contribution is 2.41. The van der Waals surface area contributed by atoms with Crippen molar-refractivity contribution in [2.75, 3.05) is 11.5 Å². The third-order valence-electron chi connectivity index (χ3n) is 4.47. The van der Waals surface area contributed by atoms with E-state index in [-0.39, 0.29) is 6.42 Å². The van der Waals surface area contributed by atoms with Gasteiger partial charge in [0.15, 0.2) is 0 Å². The molecule has 0 spiro atoms. The molecule has 3 N–H and O–H groups in total. The van der Waals surface area contributed by atoms with Crippen molar-refractivity contribution in [3.05, 3.63) is 30.1 Å². The van der Waals surface area contributed by atoms with Crippen LogP contribution in [0.5, 0.6) is 0 Å². The number of hydrogen-bond donors (Lipinski definition) is 3. The first-order valence-corrected chi connectivity index (χ1v) is 12.7. The lowest BCUT2D eigenvalue weighted by atomic mass is 9.95. The van der Waals surface area contributed by atoms with Crippen LogP contribution in [-0.4, -0.2) is 61.3 Å². The average Bonchev–Trinajstić information content (AvgIpc) is 2.66. The summed E-state index contributed by atoms with van der Waals surface area (Å²) >= 11 is 0. The molecular formula is C22H34F3N3O6S. The standard InChI is InChI=1S/C22H34F3N3O6S/c1-19(2,3)33-17(29)15(28-18(30)34-20(4,5)6)10-13-35(26,32)14-11-21(31,22(23,24)25)16-9-7-8-12-27-16/h7-9,12,15,26,31H,10-11,13-14H2,1-6H3,(H,28,30)/t15-,21?,35?/m0/s1. The SMILES string of the molecule is CC(C)(C)OC(=O)N[C@@H](CCS(=N)(=O)CCC(O)(c1ccccn1)C(F)(F)F)C(=O)OC(C)(C)C. The zero-order valence-corrected chi connectivity index (χ0v) is 21.5. The predicted octanol–water partition coefficient (Wildman–Crippen LogP) is 3.89. The second-order valence-electron chi connectivity index (χ2n) is 10.1. The normalized spacial score (nSPS) is 17.0. The Labute approximate surface area is 203 Å². The quantitative estimate of drug-likeness (QED) is 0.416. The van der Waals surface area contributed by atoms with E-state index in [1.54, 1.807) is 41.5 Å². The summed E-state index contributed by atoms with van der Waals surface area (Å²) < 4.78 is 72.2. The van der Waals surface area contributed by atoms with Crippen LogP contribution in [0.1, 0.15) is 60.1 Å². The Morgan fingerprint density at radius 3 is 2.11 bits per heavy atom. The number of aromatic nitrogens is 1. The fraction of sp³-hybridized carbons (Fsp3) is 0.682. The van der Waals surface area contributed by atoms with Crippen LogP contribution in [0, 0.1) is 4.78 Å². The smallest absolute Gasteiger partial charge is 0.423 e.